The van der Waals surface area contributed by atoms with Gasteiger partial charge in [-0.15, -0.1) is 10.2 Å². The third-order valence-corrected chi connectivity index (χ3v) is 10.8. The van der Waals surface area contributed by atoms with E-state index in [2.05, 4.69) is 41.3 Å². The SMILES string of the molecule is COCCCN1CCOc2ccc(COC3CN(C(=O)CCCCCON(O)O)C(CC(OC(=O)CCCCCON(O)O)c4nn[nH]n4)CC3c3ccc(OC)cc3)cc21. The van der Waals surface area contributed by atoms with E-state index in [1.54, 1.807) is 14.2 Å². The zero-order valence-electron chi connectivity index (χ0n) is 34.9. The molecule has 21 nitrogen and oxygen atoms in total. The van der Waals surface area contributed by atoms with Crippen LogP contribution in [0.1, 0.15) is 99.6 Å². The Hall–Kier alpha value is -4.55. The van der Waals surface area contributed by atoms with Crippen molar-refractivity contribution in [2.75, 3.05) is 65.2 Å². The number of carbonyl (C=O) groups is 2. The zero-order chi connectivity index (χ0) is 43.4. The Morgan fingerprint density at radius 1 is 0.918 bits per heavy atom. The van der Waals surface area contributed by atoms with Crippen LogP contribution in [0.5, 0.6) is 11.5 Å². The van der Waals surface area contributed by atoms with Gasteiger partial charge in [-0.2, -0.15) is 5.21 Å². The monoisotopic (exact) mass is 860 g/mol. The number of hydrogen-bond donors (Lipinski definition) is 5. The second-order valence-electron chi connectivity index (χ2n) is 14.9. The van der Waals surface area contributed by atoms with E-state index >= 15 is 0 Å². The number of nitrogens with one attached hydrogen (secondary N) is 1. The number of unbranched alkanes of at least 4 members (excludes halogenated alkanes) is 4. The third-order valence-electron chi connectivity index (χ3n) is 10.8. The fraction of sp³-hybridized carbons (Fsp3) is 0.625. The summed E-state index contributed by atoms with van der Waals surface area (Å²) in [5.74, 6) is 0.924. The minimum atomic E-state index is -0.928. The summed E-state index contributed by atoms with van der Waals surface area (Å²) >= 11 is 0. The topological polar surface area (TPSA) is 247 Å². The second-order valence-corrected chi connectivity index (χ2v) is 14.9. The van der Waals surface area contributed by atoms with Gasteiger partial charge in [0.1, 0.15) is 18.1 Å². The maximum absolute atomic E-state index is 14.3. The fourth-order valence-corrected chi connectivity index (χ4v) is 7.70. The summed E-state index contributed by atoms with van der Waals surface area (Å²) in [7, 11) is 3.31. The van der Waals surface area contributed by atoms with Crippen molar-refractivity contribution in [3.8, 4) is 11.5 Å². The molecule has 5 N–H and O–H groups in total. The van der Waals surface area contributed by atoms with Crippen LogP contribution in [0.25, 0.3) is 0 Å². The van der Waals surface area contributed by atoms with E-state index in [1.807, 2.05) is 41.3 Å². The van der Waals surface area contributed by atoms with Gasteiger partial charge in [0, 0.05) is 58.0 Å². The molecule has 0 radical (unpaired) electrons. The van der Waals surface area contributed by atoms with Gasteiger partial charge in [-0.25, -0.2) is 0 Å². The average molecular weight is 861 g/mol. The lowest BCUT2D eigenvalue weighted by molar-refractivity contribution is -0.492. The molecule has 3 aromatic rings. The Labute approximate surface area is 354 Å². The van der Waals surface area contributed by atoms with Gasteiger partial charge in [-0.3, -0.25) is 40.1 Å². The summed E-state index contributed by atoms with van der Waals surface area (Å²) in [5.41, 5.74) is 2.96. The molecule has 2 aliphatic heterocycles. The molecule has 61 heavy (non-hydrogen) atoms. The summed E-state index contributed by atoms with van der Waals surface area (Å²) < 4.78 is 29.5. The van der Waals surface area contributed by atoms with Gasteiger partial charge in [0.15, 0.2) is 6.10 Å². The van der Waals surface area contributed by atoms with Crippen molar-refractivity contribution in [1.82, 2.24) is 36.3 Å². The standard InChI is InChI=1S/C40H60N8O13/c1-55-20-9-18-45-19-23-57-35-17-12-29(24-34(35)45)28-58-37-27-46(38(49)10-5-3-7-21-59-47(51)52)31(25-33(37)30-13-15-32(56-2)16-14-30)26-36(40-41-43-44-42-40)61-39(50)11-6-4-8-22-60-48(53)54/h12-17,24,31,33,36-37,51-54H,3-11,18-23,25-28H2,1-2H3,(H,41,42,43,44). The molecule has 0 bridgehead atoms. The van der Waals surface area contributed by atoms with Gasteiger partial charge < -0.3 is 33.5 Å². The lowest BCUT2D eigenvalue weighted by Crippen LogP contribution is -2.53. The molecular formula is C40H60N8O13. The number of tetrazole rings is 1. The number of carbonyl (C=O) groups excluding carboxylic acids is 2. The number of esters is 1. The Morgan fingerprint density at radius 2 is 1.66 bits per heavy atom. The number of anilines is 1. The number of nitrogens with zero attached hydrogens (tertiary/aromatic N) is 7. The average Bonchev–Trinajstić information content (AvgIpc) is 3.80. The van der Waals surface area contributed by atoms with E-state index in [-0.39, 0.29) is 74.1 Å². The van der Waals surface area contributed by atoms with Crippen LogP contribution < -0.4 is 14.4 Å². The lowest BCUT2D eigenvalue weighted by Gasteiger charge is -2.45. The Kier molecular flexibility index (Phi) is 19.8. The molecule has 5 rings (SSSR count). The number of rotatable bonds is 27. The van der Waals surface area contributed by atoms with Gasteiger partial charge in [0.05, 0.1) is 56.0 Å². The highest BCUT2D eigenvalue weighted by Gasteiger charge is 2.41. The van der Waals surface area contributed by atoms with Crippen LogP contribution in [-0.4, -0.2) is 141 Å². The molecule has 1 fully saturated rings. The lowest BCUT2D eigenvalue weighted by atomic mass is 9.81. The summed E-state index contributed by atoms with van der Waals surface area (Å²) in [4.78, 5) is 40.8. The first-order chi connectivity index (χ1) is 29.6. The quantitative estimate of drug-likeness (QED) is 0.0401. The molecule has 2 aromatic carbocycles. The number of benzene rings is 2. The number of methoxy groups -OCH3 is 2. The number of ether oxygens (including phenoxy) is 5. The van der Waals surface area contributed by atoms with Crippen LogP contribution in [0.2, 0.25) is 0 Å². The van der Waals surface area contributed by atoms with Crippen molar-refractivity contribution in [3.05, 3.63) is 59.4 Å². The van der Waals surface area contributed by atoms with E-state index in [4.69, 9.17) is 44.5 Å². The minimum absolute atomic E-state index is 0.0625. The number of likely N-dealkylation sites (tertiary alicyclic amines) is 1. The molecule has 0 aliphatic carbocycles. The van der Waals surface area contributed by atoms with E-state index in [0.29, 0.717) is 63.9 Å². The van der Waals surface area contributed by atoms with Gasteiger partial charge in [0.2, 0.25) is 11.7 Å². The van der Waals surface area contributed by atoms with Crippen LogP contribution in [-0.2, 0) is 40.1 Å². The zero-order valence-corrected chi connectivity index (χ0v) is 34.9. The molecule has 4 unspecified atom stereocenters. The number of aromatic amines is 1. The Bertz CT molecular complexity index is 1720. The van der Waals surface area contributed by atoms with Crippen molar-refractivity contribution in [3.63, 3.8) is 0 Å². The number of aromatic nitrogens is 4. The molecule has 1 aromatic heterocycles. The summed E-state index contributed by atoms with van der Waals surface area (Å²) in [6, 6.07) is 13.4. The maximum Gasteiger partial charge on any atom is 0.306 e. The molecule has 3 heterocycles. The van der Waals surface area contributed by atoms with Crippen LogP contribution in [0.4, 0.5) is 5.69 Å². The molecule has 4 atom stereocenters. The largest absolute Gasteiger partial charge is 0.497 e. The first kappa shape index (κ1) is 47.5. The van der Waals surface area contributed by atoms with E-state index in [0.717, 1.165) is 42.1 Å². The highest BCUT2D eigenvalue weighted by molar-refractivity contribution is 5.77. The van der Waals surface area contributed by atoms with E-state index < -0.39 is 24.2 Å². The van der Waals surface area contributed by atoms with Crippen LogP contribution >= 0.6 is 0 Å². The van der Waals surface area contributed by atoms with Crippen LogP contribution in [0.3, 0.4) is 0 Å². The highest BCUT2D eigenvalue weighted by Crippen LogP contribution is 2.40. The Balaban J connectivity index is 1.37. The number of amides is 1. The summed E-state index contributed by atoms with van der Waals surface area (Å²) in [6.07, 6.45) is 3.62. The van der Waals surface area contributed by atoms with Crippen molar-refractivity contribution in [2.24, 2.45) is 0 Å². The number of hydrogen-bond acceptors (Lipinski definition) is 19. The van der Waals surface area contributed by atoms with Crippen molar-refractivity contribution < 1.29 is 63.8 Å². The van der Waals surface area contributed by atoms with E-state index in [9.17, 15) is 9.59 Å². The summed E-state index contributed by atoms with van der Waals surface area (Å²) in [5, 5.41) is 49.0. The molecular weight excluding hydrogens is 800 g/mol. The van der Waals surface area contributed by atoms with Crippen LogP contribution in [0, 0.1) is 0 Å². The maximum atomic E-state index is 14.3. The second kappa shape index (κ2) is 25.4. The molecule has 1 saturated heterocycles. The number of fused-ring (bicyclic) bond motifs is 1. The van der Waals surface area contributed by atoms with Crippen LogP contribution in [0.15, 0.2) is 42.5 Å². The molecule has 338 valence electrons. The first-order valence-electron chi connectivity index (χ1n) is 20.7. The van der Waals surface area contributed by atoms with Crippen molar-refractivity contribution >= 4 is 17.6 Å². The van der Waals surface area contributed by atoms with Crippen molar-refractivity contribution in [1.29, 1.82) is 0 Å². The molecule has 0 saturated carbocycles. The number of H-pyrrole nitrogens is 1. The normalized spacial score (nSPS) is 18.3. The Morgan fingerprint density at radius 3 is 2.33 bits per heavy atom. The first-order valence-corrected chi connectivity index (χ1v) is 20.7. The van der Waals surface area contributed by atoms with Gasteiger partial charge in [-0.05, 0) is 73.9 Å². The molecule has 1 amide bonds. The van der Waals surface area contributed by atoms with Crippen molar-refractivity contribution in [2.45, 2.75) is 101 Å². The summed E-state index contributed by atoms with van der Waals surface area (Å²) in [6.45, 7) is 3.52. The smallest absolute Gasteiger partial charge is 0.306 e. The molecule has 0 spiro atoms. The molecule has 21 heteroatoms. The highest BCUT2D eigenvalue weighted by atomic mass is 17.1. The van der Waals surface area contributed by atoms with Gasteiger partial charge in [-0.1, -0.05) is 36.3 Å². The predicted octanol–water partition coefficient (Wildman–Crippen LogP) is 4.53. The van der Waals surface area contributed by atoms with E-state index in [1.165, 1.54) is 0 Å². The minimum Gasteiger partial charge on any atom is -0.497 e. The third kappa shape index (κ3) is 15.4. The fourth-order valence-electron chi connectivity index (χ4n) is 7.70. The number of piperidine rings is 1. The molecule has 2 aliphatic rings. The van der Waals surface area contributed by atoms with Gasteiger partial charge >= 0.3 is 5.97 Å². The van der Waals surface area contributed by atoms with Gasteiger partial charge in [0.25, 0.3) is 0 Å². The predicted molar refractivity (Wildman–Crippen MR) is 212 cm³/mol.